The Morgan fingerprint density at radius 2 is 2.00 bits per heavy atom. The molecule has 0 unspecified atom stereocenters. The van der Waals surface area contributed by atoms with Crippen LogP contribution in [0, 0.1) is 13.8 Å². The number of carbonyl (C=O) groups is 1. The second-order valence-corrected chi connectivity index (χ2v) is 5.72. The van der Waals surface area contributed by atoms with Crippen LogP contribution in [0.5, 0.6) is 11.5 Å². The third kappa shape index (κ3) is 2.36. The van der Waals surface area contributed by atoms with Crippen molar-refractivity contribution in [3.63, 3.8) is 0 Å². The standard InChI is InChI=1S/C15H16O3S/c1-8-7-9(2)19-15(8)13-11(10(3)16)5-6-12(17)14(13)18-4/h5-7,17H,1-4H3. The zero-order chi connectivity index (χ0) is 14.2. The summed E-state index contributed by atoms with van der Waals surface area (Å²) >= 11 is 1.59. The first-order chi connectivity index (χ1) is 8.95. The lowest BCUT2D eigenvalue weighted by molar-refractivity contribution is 0.101. The normalized spacial score (nSPS) is 10.5. The third-order valence-electron chi connectivity index (χ3n) is 2.99. The van der Waals surface area contributed by atoms with Gasteiger partial charge < -0.3 is 9.84 Å². The van der Waals surface area contributed by atoms with Gasteiger partial charge in [-0.15, -0.1) is 11.3 Å². The largest absolute Gasteiger partial charge is 0.504 e. The summed E-state index contributed by atoms with van der Waals surface area (Å²) in [5.41, 5.74) is 2.33. The van der Waals surface area contributed by atoms with Gasteiger partial charge in [0.2, 0.25) is 0 Å². The fourth-order valence-corrected chi connectivity index (χ4v) is 3.27. The molecule has 2 aromatic rings. The van der Waals surface area contributed by atoms with E-state index in [1.807, 2.05) is 13.8 Å². The number of ether oxygens (including phenoxy) is 1. The van der Waals surface area contributed by atoms with E-state index in [2.05, 4.69) is 6.07 Å². The Labute approximate surface area is 116 Å². The fourth-order valence-electron chi connectivity index (χ4n) is 2.19. The minimum atomic E-state index is -0.0428. The number of hydrogen-bond donors (Lipinski definition) is 1. The molecule has 1 aromatic heterocycles. The Morgan fingerprint density at radius 3 is 2.47 bits per heavy atom. The minimum absolute atomic E-state index is 0.0428. The summed E-state index contributed by atoms with van der Waals surface area (Å²) in [5.74, 6) is 0.365. The van der Waals surface area contributed by atoms with Gasteiger partial charge in [-0.3, -0.25) is 4.79 Å². The summed E-state index contributed by atoms with van der Waals surface area (Å²) in [6.07, 6.45) is 0. The second kappa shape index (κ2) is 5.05. The number of phenolic OH excluding ortho intramolecular Hbond substituents is 1. The molecule has 1 heterocycles. The molecule has 0 saturated heterocycles. The predicted octanol–water partition coefficient (Wildman–Crippen LogP) is 3.95. The zero-order valence-electron chi connectivity index (χ0n) is 11.4. The van der Waals surface area contributed by atoms with Gasteiger partial charge in [-0.25, -0.2) is 0 Å². The van der Waals surface area contributed by atoms with Gasteiger partial charge in [0.25, 0.3) is 0 Å². The van der Waals surface area contributed by atoms with E-state index < -0.39 is 0 Å². The van der Waals surface area contributed by atoms with E-state index in [1.165, 1.54) is 20.1 Å². The molecule has 0 radical (unpaired) electrons. The molecule has 1 N–H and O–H groups in total. The van der Waals surface area contributed by atoms with Crippen LogP contribution in [0.1, 0.15) is 27.7 Å². The number of carbonyl (C=O) groups excluding carboxylic acids is 1. The quantitative estimate of drug-likeness (QED) is 0.863. The highest BCUT2D eigenvalue weighted by atomic mass is 32.1. The Kier molecular flexibility index (Phi) is 3.62. The summed E-state index contributed by atoms with van der Waals surface area (Å²) in [7, 11) is 1.50. The number of rotatable bonds is 3. The van der Waals surface area contributed by atoms with Crippen LogP contribution < -0.4 is 4.74 Å². The molecule has 3 nitrogen and oxygen atoms in total. The van der Waals surface area contributed by atoms with Crippen LogP contribution in [0.4, 0.5) is 0 Å². The lowest BCUT2D eigenvalue weighted by Gasteiger charge is -2.13. The van der Waals surface area contributed by atoms with Gasteiger partial charge in [-0.05, 0) is 44.5 Å². The Hall–Kier alpha value is -1.81. The number of aromatic hydroxyl groups is 1. The van der Waals surface area contributed by atoms with Crippen LogP contribution >= 0.6 is 11.3 Å². The third-order valence-corrected chi connectivity index (χ3v) is 4.16. The highest BCUT2D eigenvalue weighted by molar-refractivity contribution is 7.15. The number of aryl methyl sites for hydroxylation is 2. The predicted molar refractivity (Wildman–Crippen MR) is 77.5 cm³/mol. The maximum Gasteiger partial charge on any atom is 0.169 e. The maximum absolute atomic E-state index is 11.8. The first-order valence-corrected chi connectivity index (χ1v) is 6.75. The molecule has 2 rings (SSSR count). The van der Waals surface area contributed by atoms with E-state index in [1.54, 1.807) is 17.4 Å². The van der Waals surface area contributed by atoms with Crippen molar-refractivity contribution in [2.75, 3.05) is 7.11 Å². The summed E-state index contributed by atoms with van der Waals surface area (Å²) in [6, 6.07) is 5.20. The highest BCUT2D eigenvalue weighted by Gasteiger charge is 2.21. The van der Waals surface area contributed by atoms with Crippen molar-refractivity contribution in [1.82, 2.24) is 0 Å². The van der Waals surface area contributed by atoms with Crippen molar-refractivity contribution in [2.45, 2.75) is 20.8 Å². The van der Waals surface area contributed by atoms with E-state index in [9.17, 15) is 9.90 Å². The summed E-state index contributed by atoms with van der Waals surface area (Å²) in [5, 5.41) is 9.92. The first kappa shape index (κ1) is 13.6. The number of methoxy groups -OCH3 is 1. The molecule has 0 spiro atoms. The SMILES string of the molecule is COc1c(O)ccc(C(C)=O)c1-c1sc(C)cc1C. The molecular weight excluding hydrogens is 260 g/mol. The van der Waals surface area contributed by atoms with Crippen molar-refractivity contribution in [3.05, 3.63) is 34.2 Å². The van der Waals surface area contributed by atoms with Gasteiger partial charge in [-0.2, -0.15) is 0 Å². The van der Waals surface area contributed by atoms with Gasteiger partial charge in [-0.1, -0.05) is 0 Å². The first-order valence-electron chi connectivity index (χ1n) is 5.94. The van der Waals surface area contributed by atoms with E-state index in [4.69, 9.17) is 4.74 Å². The summed E-state index contributed by atoms with van der Waals surface area (Å²) in [6.45, 7) is 5.53. The van der Waals surface area contributed by atoms with Gasteiger partial charge in [0.1, 0.15) is 0 Å². The number of ketones is 1. The molecule has 0 atom stereocenters. The van der Waals surface area contributed by atoms with Crippen LogP contribution in [0.3, 0.4) is 0 Å². The Morgan fingerprint density at radius 1 is 1.32 bits per heavy atom. The molecule has 100 valence electrons. The second-order valence-electron chi connectivity index (χ2n) is 4.47. The molecule has 0 bridgehead atoms. The minimum Gasteiger partial charge on any atom is -0.504 e. The molecule has 0 aliphatic rings. The number of thiophene rings is 1. The summed E-state index contributed by atoms with van der Waals surface area (Å²) in [4.78, 5) is 13.9. The number of phenols is 1. The Balaban J connectivity index is 2.82. The lowest BCUT2D eigenvalue weighted by atomic mass is 9.99. The topological polar surface area (TPSA) is 46.5 Å². The molecule has 1 aromatic carbocycles. The van der Waals surface area contributed by atoms with E-state index in [-0.39, 0.29) is 11.5 Å². The average molecular weight is 276 g/mol. The van der Waals surface area contributed by atoms with Crippen LogP contribution in [0.25, 0.3) is 10.4 Å². The fraction of sp³-hybridized carbons (Fsp3) is 0.267. The maximum atomic E-state index is 11.8. The van der Waals surface area contributed by atoms with Crippen molar-refractivity contribution in [1.29, 1.82) is 0 Å². The average Bonchev–Trinajstić information content (AvgIpc) is 2.67. The molecule has 4 heteroatoms. The van der Waals surface area contributed by atoms with Crippen LogP contribution in [-0.4, -0.2) is 18.0 Å². The van der Waals surface area contributed by atoms with Crippen molar-refractivity contribution in [3.8, 4) is 21.9 Å². The molecular formula is C15H16O3S. The van der Waals surface area contributed by atoms with E-state index in [0.717, 1.165) is 15.3 Å². The van der Waals surface area contributed by atoms with Gasteiger partial charge in [0.05, 0.1) is 7.11 Å². The van der Waals surface area contributed by atoms with Crippen molar-refractivity contribution < 1.29 is 14.6 Å². The van der Waals surface area contributed by atoms with E-state index >= 15 is 0 Å². The highest BCUT2D eigenvalue weighted by Crippen LogP contribution is 2.44. The van der Waals surface area contributed by atoms with Crippen LogP contribution in [0.2, 0.25) is 0 Å². The monoisotopic (exact) mass is 276 g/mol. The zero-order valence-corrected chi connectivity index (χ0v) is 12.2. The van der Waals surface area contributed by atoms with Gasteiger partial charge in [0.15, 0.2) is 17.3 Å². The van der Waals surface area contributed by atoms with E-state index in [0.29, 0.717) is 16.9 Å². The lowest BCUT2D eigenvalue weighted by Crippen LogP contribution is -1.99. The molecule has 0 amide bonds. The number of Topliss-reactive ketones (excluding diaryl/α,β-unsaturated/α-hetero) is 1. The molecule has 0 fully saturated rings. The van der Waals surface area contributed by atoms with Gasteiger partial charge in [0, 0.05) is 20.9 Å². The number of hydrogen-bond acceptors (Lipinski definition) is 4. The number of benzene rings is 1. The van der Waals surface area contributed by atoms with Crippen LogP contribution in [0.15, 0.2) is 18.2 Å². The summed E-state index contributed by atoms with van der Waals surface area (Å²) < 4.78 is 5.29. The van der Waals surface area contributed by atoms with Crippen LogP contribution in [-0.2, 0) is 0 Å². The van der Waals surface area contributed by atoms with Gasteiger partial charge >= 0.3 is 0 Å². The Bertz CT molecular complexity index is 641. The smallest absolute Gasteiger partial charge is 0.169 e. The van der Waals surface area contributed by atoms with Crippen molar-refractivity contribution >= 4 is 17.1 Å². The van der Waals surface area contributed by atoms with Crippen molar-refractivity contribution in [2.24, 2.45) is 0 Å². The molecule has 19 heavy (non-hydrogen) atoms. The molecule has 0 saturated carbocycles. The molecule has 0 aliphatic carbocycles. The molecule has 0 aliphatic heterocycles.